The van der Waals surface area contributed by atoms with Gasteiger partial charge in [0, 0.05) is 45.2 Å². The highest BCUT2D eigenvalue weighted by molar-refractivity contribution is 5.64. The van der Waals surface area contributed by atoms with E-state index in [-0.39, 0.29) is 44.7 Å². The number of rotatable bonds is 9. The maximum absolute atomic E-state index is 13.0. The summed E-state index contributed by atoms with van der Waals surface area (Å²) in [6.45, 7) is 26.0. The van der Waals surface area contributed by atoms with E-state index in [1.165, 1.54) is 12.8 Å². The van der Waals surface area contributed by atoms with Crippen LogP contribution < -0.4 is 0 Å². The first kappa shape index (κ1) is 43.7. The van der Waals surface area contributed by atoms with Crippen LogP contribution >= 0.6 is 0 Å². The maximum atomic E-state index is 13.0. The van der Waals surface area contributed by atoms with Crippen LogP contribution in [0.4, 0.5) is 0 Å². The minimum absolute atomic E-state index is 0.203. The first-order chi connectivity index (χ1) is 27.1. The Morgan fingerprint density at radius 1 is 0.466 bits per heavy atom. The Labute approximate surface area is 351 Å². The second-order valence-electron chi connectivity index (χ2n) is 21.1. The van der Waals surface area contributed by atoms with Gasteiger partial charge in [-0.3, -0.25) is 0 Å². The van der Waals surface area contributed by atoms with Gasteiger partial charge in [0.1, 0.15) is 23.0 Å². The number of benzene rings is 4. The number of phenolic OH excluding ortho intramolecular Hbond substituents is 4. The first-order valence-electron chi connectivity index (χ1n) is 22.5. The summed E-state index contributed by atoms with van der Waals surface area (Å²) < 4.78 is 0. The lowest BCUT2D eigenvalue weighted by Gasteiger charge is -2.39. The molecule has 4 aromatic rings. The third-order valence-corrected chi connectivity index (χ3v) is 14.3. The Kier molecular flexibility index (Phi) is 12.2. The van der Waals surface area contributed by atoms with Crippen LogP contribution in [0.25, 0.3) is 0 Å². The number of hydrogen-bond donors (Lipinski definition) is 4. The summed E-state index contributed by atoms with van der Waals surface area (Å²) in [5, 5.41) is 51.7. The Balaban J connectivity index is 1.84. The average Bonchev–Trinajstić information content (AvgIpc) is 3.16. The van der Waals surface area contributed by atoms with Crippen LogP contribution in [0.2, 0.25) is 0 Å². The van der Waals surface area contributed by atoms with E-state index in [4.69, 9.17) is 0 Å². The number of aryl methyl sites for hydroxylation is 4. The van der Waals surface area contributed by atoms with Crippen LogP contribution in [-0.2, 0) is 34.5 Å². The molecule has 4 nitrogen and oxygen atoms in total. The minimum Gasteiger partial charge on any atom is -0.507 e. The van der Waals surface area contributed by atoms with Gasteiger partial charge in [0.2, 0.25) is 0 Å². The summed E-state index contributed by atoms with van der Waals surface area (Å²) in [7, 11) is 0. The monoisotopic (exact) mass is 787 g/mol. The molecule has 0 unspecified atom stereocenters. The van der Waals surface area contributed by atoms with Gasteiger partial charge in [-0.25, -0.2) is 0 Å². The number of hydrogen-bond acceptors (Lipinski definition) is 4. The summed E-state index contributed by atoms with van der Waals surface area (Å²) in [6, 6.07) is 17.1. The molecule has 0 spiro atoms. The van der Waals surface area contributed by atoms with E-state index < -0.39 is 11.8 Å². The lowest BCUT2D eigenvalue weighted by Crippen LogP contribution is -2.27. The molecule has 2 saturated carbocycles. The Morgan fingerprint density at radius 2 is 0.776 bits per heavy atom. The molecule has 2 fully saturated rings. The van der Waals surface area contributed by atoms with Gasteiger partial charge in [-0.1, -0.05) is 167 Å². The van der Waals surface area contributed by atoms with Crippen molar-refractivity contribution in [2.24, 2.45) is 0 Å². The van der Waals surface area contributed by atoms with Crippen molar-refractivity contribution in [2.75, 3.05) is 0 Å². The predicted molar refractivity (Wildman–Crippen MR) is 243 cm³/mol. The Morgan fingerprint density at radius 3 is 1.07 bits per heavy atom. The lowest BCUT2D eigenvalue weighted by molar-refractivity contribution is 0.305. The molecule has 0 saturated heterocycles. The Hall–Kier alpha value is -3.92. The van der Waals surface area contributed by atoms with Crippen molar-refractivity contribution in [2.45, 2.75) is 194 Å². The number of aromatic hydroxyl groups is 4. The molecule has 6 rings (SSSR count). The molecule has 0 radical (unpaired) electrons. The fraction of sp³-hybridized carbons (Fsp3) is 0.556. The SMILES string of the molecule is CCc1cc(C(c2cc(CC)cc(C(C)(C)C)c2O)C(c2cc(C)cc(C3(C)CCCCC3)c2O)c2cc(C)cc(C3(C)CCCCC3)c2O)c(O)c(C(C)(C)C)c1. The molecule has 0 atom stereocenters. The van der Waals surface area contributed by atoms with Crippen molar-refractivity contribution in [3.05, 3.63) is 115 Å². The molecule has 0 amide bonds. The van der Waals surface area contributed by atoms with E-state index >= 15 is 0 Å². The van der Waals surface area contributed by atoms with Gasteiger partial charge in [-0.2, -0.15) is 0 Å². The summed E-state index contributed by atoms with van der Waals surface area (Å²) in [4.78, 5) is 0. The topological polar surface area (TPSA) is 80.9 Å². The van der Waals surface area contributed by atoms with E-state index in [0.29, 0.717) is 11.1 Å². The Bertz CT molecular complexity index is 1980. The molecule has 4 heteroatoms. The molecule has 58 heavy (non-hydrogen) atoms. The molecule has 4 aromatic carbocycles. The molecule has 4 N–H and O–H groups in total. The van der Waals surface area contributed by atoms with Crippen LogP contribution in [0, 0.1) is 13.8 Å². The molecule has 0 heterocycles. The van der Waals surface area contributed by atoms with Crippen LogP contribution in [-0.4, -0.2) is 20.4 Å². The molecule has 0 aliphatic heterocycles. The summed E-state index contributed by atoms with van der Waals surface area (Å²) in [6.07, 6.45) is 12.4. The van der Waals surface area contributed by atoms with Gasteiger partial charge in [-0.05, 0) is 96.3 Å². The smallest absolute Gasteiger partial charge is 0.123 e. The second kappa shape index (κ2) is 16.3. The highest BCUT2D eigenvalue weighted by Crippen LogP contribution is 2.58. The van der Waals surface area contributed by atoms with Gasteiger partial charge < -0.3 is 20.4 Å². The molecular weight excluding hydrogens is 713 g/mol. The fourth-order valence-corrected chi connectivity index (χ4v) is 10.7. The molecule has 2 aliphatic carbocycles. The maximum Gasteiger partial charge on any atom is 0.123 e. The quantitative estimate of drug-likeness (QED) is 0.136. The zero-order valence-corrected chi connectivity index (χ0v) is 38.0. The van der Waals surface area contributed by atoms with E-state index in [0.717, 1.165) is 120 Å². The highest BCUT2D eigenvalue weighted by Gasteiger charge is 2.42. The lowest BCUT2D eigenvalue weighted by atomic mass is 9.65. The van der Waals surface area contributed by atoms with Crippen LogP contribution in [0.1, 0.15) is 212 Å². The molecule has 314 valence electrons. The second-order valence-corrected chi connectivity index (χ2v) is 21.1. The summed E-state index contributed by atoms with van der Waals surface area (Å²) in [5.74, 6) is -0.414. The van der Waals surface area contributed by atoms with Gasteiger partial charge in [0.05, 0.1) is 0 Å². The van der Waals surface area contributed by atoms with Crippen molar-refractivity contribution in [1.29, 1.82) is 0 Å². The van der Waals surface area contributed by atoms with Crippen LogP contribution in [0.15, 0.2) is 48.5 Å². The van der Waals surface area contributed by atoms with Gasteiger partial charge >= 0.3 is 0 Å². The number of phenols is 4. The van der Waals surface area contributed by atoms with Crippen LogP contribution in [0.5, 0.6) is 23.0 Å². The average molecular weight is 787 g/mol. The molecular formula is C54H74O4. The normalized spacial score (nSPS) is 17.3. The fourth-order valence-electron chi connectivity index (χ4n) is 10.7. The first-order valence-corrected chi connectivity index (χ1v) is 22.5. The molecule has 2 aliphatic rings. The van der Waals surface area contributed by atoms with E-state index in [2.05, 4.69) is 132 Å². The third-order valence-electron chi connectivity index (χ3n) is 14.3. The van der Waals surface area contributed by atoms with Crippen molar-refractivity contribution in [3.8, 4) is 23.0 Å². The zero-order chi connectivity index (χ0) is 42.5. The summed E-state index contributed by atoms with van der Waals surface area (Å²) in [5.41, 5.74) is 9.60. The van der Waals surface area contributed by atoms with E-state index in [9.17, 15) is 20.4 Å². The zero-order valence-electron chi connectivity index (χ0n) is 38.0. The third kappa shape index (κ3) is 8.28. The van der Waals surface area contributed by atoms with Gasteiger partial charge in [0.25, 0.3) is 0 Å². The van der Waals surface area contributed by atoms with E-state index in [1.54, 1.807) is 0 Å². The molecule has 0 aromatic heterocycles. The minimum atomic E-state index is -0.681. The van der Waals surface area contributed by atoms with Crippen LogP contribution in [0.3, 0.4) is 0 Å². The largest absolute Gasteiger partial charge is 0.507 e. The summed E-state index contributed by atoms with van der Waals surface area (Å²) >= 11 is 0. The van der Waals surface area contributed by atoms with Gasteiger partial charge in [0.15, 0.2) is 0 Å². The van der Waals surface area contributed by atoms with E-state index in [1.807, 2.05) is 0 Å². The van der Waals surface area contributed by atoms with Crippen molar-refractivity contribution in [3.63, 3.8) is 0 Å². The standard InChI is InChI=1S/C54H74O4/c1-13-35-29-39(47(55)41(31-35)51(5,6)7)46(40-30-36(14-2)32-42(48(40)56)52(8,9)10)45(37-25-33(3)27-43(49(37)57)53(11)21-17-15-18-22-53)38-26-34(4)28-44(50(38)58)54(12)23-19-16-20-24-54/h25-32,45-46,55-58H,13-24H2,1-12H3. The van der Waals surface area contributed by atoms with Crippen molar-refractivity contribution >= 4 is 0 Å². The van der Waals surface area contributed by atoms with Crippen molar-refractivity contribution in [1.82, 2.24) is 0 Å². The molecule has 0 bridgehead atoms. The highest BCUT2D eigenvalue weighted by atomic mass is 16.3. The predicted octanol–water partition coefficient (Wildman–Crippen LogP) is 14.3. The van der Waals surface area contributed by atoms with Crippen molar-refractivity contribution < 1.29 is 20.4 Å². The van der Waals surface area contributed by atoms with Gasteiger partial charge in [-0.15, -0.1) is 0 Å².